The summed E-state index contributed by atoms with van der Waals surface area (Å²) in [5.74, 6) is 0.700. The fourth-order valence-corrected chi connectivity index (χ4v) is 3.13. The van der Waals surface area contributed by atoms with E-state index in [0.717, 1.165) is 18.8 Å². The predicted octanol–water partition coefficient (Wildman–Crippen LogP) is 1.78. The maximum Gasteiger partial charge on any atom is 0.250 e. The van der Waals surface area contributed by atoms with Gasteiger partial charge in [0.1, 0.15) is 12.3 Å². The molecule has 1 saturated heterocycles. The normalized spacial score (nSPS) is 16.7. The van der Waals surface area contributed by atoms with E-state index in [1.54, 1.807) is 24.6 Å². The molecule has 3 heterocycles. The standard InChI is InChI=1S/C18H23N3O3/c22-17(14-21-11-5-2-8-18(21)23)19-13-15(16-7-6-12-24-16)20-9-3-1-4-10-20/h2,5-8,11-12,15H,1,3-4,9-10,13-14H2,(H,19,22)/t15-/m1/s1. The highest BCUT2D eigenvalue weighted by atomic mass is 16.3. The van der Waals surface area contributed by atoms with E-state index in [2.05, 4.69) is 10.2 Å². The first-order chi connectivity index (χ1) is 11.7. The van der Waals surface area contributed by atoms with Crippen LogP contribution in [0.4, 0.5) is 0 Å². The minimum Gasteiger partial charge on any atom is -0.468 e. The zero-order chi connectivity index (χ0) is 16.8. The Balaban J connectivity index is 1.62. The van der Waals surface area contributed by atoms with Crippen molar-refractivity contribution in [3.63, 3.8) is 0 Å². The number of amides is 1. The van der Waals surface area contributed by atoms with Crippen LogP contribution in [0.1, 0.15) is 31.1 Å². The molecule has 2 aromatic rings. The average molecular weight is 329 g/mol. The molecule has 0 aliphatic carbocycles. The molecule has 0 bridgehead atoms. The third-order valence-corrected chi connectivity index (χ3v) is 4.41. The van der Waals surface area contributed by atoms with Gasteiger partial charge in [0.15, 0.2) is 0 Å². The van der Waals surface area contributed by atoms with Crippen molar-refractivity contribution in [1.29, 1.82) is 0 Å². The fraction of sp³-hybridized carbons (Fsp3) is 0.444. The molecule has 0 saturated carbocycles. The molecule has 24 heavy (non-hydrogen) atoms. The summed E-state index contributed by atoms with van der Waals surface area (Å²) >= 11 is 0. The molecule has 128 valence electrons. The third kappa shape index (κ3) is 4.14. The van der Waals surface area contributed by atoms with Crippen LogP contribution in [-0.2, 0) is 11.3 Å². The summed E-state index contributed by atoms with van der Waals surface area (Å²) in [5, 5.41) is 2.94. The minimum absolute atomic E-state index is 0.0323. The minimum atomic E-state index is -0.175. The monoisotopic (exact) mass is 329 g/mol. The van der Waals surface area contributed by atoms with Crippen LogP contribution in [0.15, 0.2) is 52.0 Å². The molecule has 6 nitrogen and oxygen atoms in total. The molecule has 3 rings (SSSR count). The number of aromatic nitrogens is 1. The number of carbonyl (C=O) groups excluding carboxylic acids is 1. The maximum atomic E-state index is 12.2. The molecule has 0 spiro atoms. The topological polar surface area (TPSA) is 67.5 Å². The van der Waals surface area contributed by atoms with Crippen LogP contribution in [0.25, 0.3) is 0 Å². The average Bonchev–Trinajstić information content (AvgIpc) is 3.12. The quantitative estimate of drug-likeness (QED) is 0.877. The van der Waals surface area contributed by atoms with Gasteiger partial charge in [0.2, 0.25) is 5.91 Å². The van der Waals surface area contributed by atoms with E-state index in [4.69, 9.17) is 4.42 Å². The van der Waals surface area contributed by atoms with Crippen LogP contribution in [-0.4, -0.2) is 35.0 Å². The number of furan rings is 1. The van der Waals surface area contributed by atoms with E-state index < -0.39 is 0 Å². The van der Waals surface area contributed by atoms with Crippen LogP contribution in [0.2, 0.25) is 0 Å². The molecule has 0 unspecified atom stereocenters. The second-order valence-electron chi connectivity index (χ2n) is 6.10. The summed E-state index contributed by atoms with van der Waals surface area (Å²) in [6, 6.07) is 8.72. The van der Waals surface area contributed by atoms with E-state index in [0.29, 0.717) is 6.54 Å². The highest BCUT2D eigenvalue weighted by Crippen LogP contribution is 2.24. The maximum absolute atomic E-state index is 12.2. The Morgan fingerprint density at radius 1 is 1.17 bits per heavy atom. The van der Waals surface area contributed by atoms with Gasteiger partial charge in [0, 0.05) is 18.8 Å². The molecule has 0 radical (unpaired) electrons. The van der Waals surface area contributed by atoms with Gasteiger partial charge in [0.25, 0.3) is 5.56 Å². The highest BCUT2D eigenvalue weighted by Gasteiger charge is 2.24. The number of nitrogens with one attached hydrogen (secondary N) is 1. The molecule has 2 aromatic heterocycles. The first kappa shape index (κ1) is 16.5. The van der Waals surface area contributed by atoms with E-state index in [1.807, 2.05) is 12.1 Å². The lowest BCUT2D eigenvalue weighted by Gasteiger charge is -2.33. The van der Waals surface area contributed by atoms with Crippen molar-refractivity contribution in [3.05, 3.63) is 58.9 Å². The number of piperidine rings is 1. The lowest BCUT2D eigenvalue weighted by molar-refractivity contribution is -0.122. The number of carbonyl (C=O) groups is 1. The molecule has 6 heteroatoms. The van der Waals surface area contributed by atoms with Crippen LogP contribution in [0.5, 0.6) is 0 Å². The van der Waals surface area contributed by atoms with E-state index in [-0.39, 0.29) is 24.1 Å². The van der Waals surface area contributed by atoms with Crippen molar-refractivity contribution in [3.8, 4) is 0 Å². The summed E-state index contributed by atoms with van der Waals surface area (Å²) in [6.07, 6.45) is 6.88. The van der Waals surface area contributed by atoms with Gasteiger partial charge in [-0.2, -0.15) is 0 Å². The van der Waals surface area contributed by atoms with Gasteiger partial charge in [-0.1, -0.05) is 12.5 Å². The van der Waals surface area contributed by atoms with Crippen molar-refractivity contribution >= 4 is 5.91 Å². The first-order valence-electron chi connectivity index (χ1n) is 8.43. The van der Waals surface area contributed by atoms with Gasteiger partial charge < -0.3 is 14.3 Å². The Bertz CT molecular complexity index is 702. The summed E-state index contributed by atoms with van der Waals surface area (Å²) in [4.78, 5) is 26.2. The zero-order valence-corrected chi connectivity index (χ0v) is 13.7. The van der Waals surface area contributed by atoms with Crippen molar-refractivity contribution < 1.29 is 9.21 Å². The molecule has 1 aliphatic heterocycles. The van der Waals surface area contributed by atoms with Gasteiger partial charge in [-0.05, 0) is 44.1 Å². The largest absolute Gasteiger partial charge is 0.468 e. The number of rotatable bonds is 6. The Labute approximate surface area is 141 Å². The van der Waals surface area contributed by atoms with Gasteiger partial charge >= 0.3 is 0 Å². The van der Waals surface area contributed by atoms with Crippen LogP contribution >= 0.6 is 0 Å². The van der Waals surface area contributed by atoms with Crippen molar-refractivity contribution in [1.82, 2.24) is 14.8 Å². The Hall–Kier alpha value is -2.34. The predicted molar refractivity (Wildman–Crippen MR) is 90.6 cm³/mol. The van der Waals surface area contributed by atoms with Crippen LogP contribution in [0, 0.1) is 0 Å². The second kappa shape index (κ2) is 7.97. The van der Waals surface area contributed by atoms with E-state index in [1.165, 1.54) is 29.9 Å². The summed E-state index contributed by atoms with van der Waals surface area (Å²) in [6.45, 7) is 2.54. The van der Waals surface area contributed by atoms with Crippen LogP contribution in [0.3, 0.4) is 0 Å². The van der Waals surface area contributed by atoms with Crippen LogP contribution < -0.4 is 10.9 Å². The number of hydrogen-bond acceptors (Lipinski definition) is 4. The molecule has 1 N–H and O–H groups in total. The molecule has 1 fully saturated rings. The van der Waals surface area contributed by atoms with Gasteiger partial charge in [0.05, 0.1) is 12.3 Å². The van der Waals surface area contributed by atoms with E-state index in [9.17, 15) is 9.59 Å². The smallest absolute Gasteiger partial charge is 0.250 e. The number of hydrogen-bond donors (Lipinski definition) is 1. The first-order valence-corrected chi connectivity index (χ1v) is 8.43. The third-order valence-electron chi connectivity index (χ3n) is 4.41. The number of nitrogens with zero attached hydrogens (tertiary/aromatic N) is 2. The van der Waals surface area contributed by atoms with Gasteiger partial charge in [-0.15, -0.1) is 0 Å². The fourth-order valence-electron chi connectivity index (χ4n) is 3.13. The van der Waals surface area contributed by atoms with Crippen molar-refractivity contribution in [2.45, 2.75) is 31.8 Å². The molecular weight excluding hydrogens is 306 g/mol. The molecular formula is C18H23N3O3. The summed E-state index contributed by atoms with van der Waals surface area (Å²) in [7, 11) is 0. The van der Waals surface area contributed by atoms with Gasteiger partial charge in [-0.25, -0.2) is 0 Å². The SMILES string of the molecule is O=C(Cn1ccccc1=O)NC[C@H](c1ccco1)N1CCCCC1. The summed E-state index contributed by atoms with van der Waals surface area (Å²) in [5.41, 5.74) is -0.175. The second-order valence-corrected chi connectivity index (χ2v) is 6.10. The molecule has 1 atom stereocenters. The lowest BCUT2D eigenvalue weighted by atomic mass is 10.1. The Kier molecular flexibility index (Phi) is 5.48. The summed E-state index contributed by atoms with van der Waals surface area (Å²) < 4.78 is 6.97. The molecule has 1 amide bonds. The zero-order valence-electron chi connectivity index (χ0n) is 13.7. The molecule has 0 aromatic carbocycles. The Morgan fingerprint density at radius 2 is 2.00 bits per heavy atom. The van der Waals surface area contributed by atoms with Crippen molar-refractivity contribution in [2.24, 2.45) is 0 Å². The number of pyridine rings is 1. The molecule has 1 aliphatic rings. The number of likely N-dealkylation sites (tertiary alicyclic amines) is 1. The van der Waals surface area contributed by atoms with Crippen molar-refractivity contribution in [2.75, 3.05) is 19.6 Å². The highest BCUT2D eigenvalue weighted by molar-refractivity contribution is 5.75. The van der Waals surface area contributed by atoms with E-state index >= 15 is 0 Å². The van der Waals surface area contributed by atoms with Gasteiger partial charge in [-0.3, -0.25) is 14.5 Å². The lowest BCUT2D eigenvalue weighted by Crippen LogP contribution is -2.41. The Morgan fingerprint density at radius 3 is 2.71 bits per heavy atom.